The molecule has 0 amide bonds. The first-order valence-corrected chi connectivity index (χ1v) is 12.6. The third kappa shape index (κ3) is 5.35. The van der Waals surface area contributed by atoms with E-state index in [-0.39, 0.29) is 9.90 Å². The minimum absolute atomic E-state index is 0.00959. The van der Waals surface area contributed by atoms with Gasteiger partial charge in [-0.15, -0.1) is 11.3 Å². The number of nitrogens with zero attached hydrogens (tertiary/aromatic N) is 2. The molecule has 4 rings (SSSR count). The van der Waals surface area contributed by atoms with E-state index in [4.69, 9.17) is 10.00 Å². The largest absolute Gasteiger partial charge is 0.488 e. The van der Waals surface area contributed by atoms with Crippen LogP contribution < -0.4 is 9.46 Å². The second-order valence-corrected chi connectivity index (χ2v) is 10.8. The highest BCUT2D eigenvalue weighted by Crippen LogP contribution is 2.39. The minimum atomic E-state index is -4.64. The smallest absolute Gasteiger partial charge is 0.419 e. The zero-order valence-electron chi connectivity index (χ0n) is 18.0. The fraction of sp³-hybridized carbons (Fsp3) is 0.261. The molecule has 1 aliphatic heterocycles. The molecule has 0 saturated carbocycles. The Morgan fingerprint density at radius 1 is 1.18 bits per heavy atom. The van der Waals surface area contributed by atoms with Crippen LogP contribution in [0.1, 0.15) is 17.5 Å². The van der Waals surface area contributed by atoms with Gasteiger partial charge in [0.25, 0.3) is 10.0 Å². The van der Waals surface area contributed by atoms with Crippen molar-refractivity contribution >= 4 is 27.0 Å². The number of thiophene rings is 1. The molecule has 3 aromatic rings. The molecule has 1 unspecified atom stereocenters. The first-order valence-electron chi connectivity index (χ1n) is 10.2. The average Bonchev–Trinajstić information content (AvgIpc) is 3.43. The SMILES string of the molecule is CN1CCC(Oc2cc(NS(=O)(=O)c3cc(-c4cccc(C#N)c4)cs3)ccc2C(F)(F)F)C1. The molecular weight excluding hydrogens is 487 g/mol. The lowest BCUT2D eigenvalue weighted by atomic mass is 10.1. The number of nitriles is 1. The van der Waals surface area contributed by atoms with Gasteiger partial charge in [-0.3, -0.25) is 4.72 Å². The van der Waals surface area contributed by atoms with Crippen molar-refractivity contribution in [2.45, 2.75) is 22.9 Å². The van der Waals surface area contributed by atoms with Crippen molar-refractivity contribution in [2.24, 2.45) is 0 Å². The summed E-state index contributed by atoms with van der Waals surface area (Å²) in [6, 6.07) is 13.2. The number of nitrogens with one attached hydrogen (secondary N) is 1. The maximum Gasteiger partial charge on any atom is 0.419 e. The van der Waals surface area contributed by atoms with Gasteiger partial charge in [-0.25, -0.2) is 8.42 Å². The molecule has 1 fully saturated rings. The number of anilines is 1. The highest BCUT2D eigenvalue weighted by molar-refractivity contribution is 7.94. The lowest BCUT2D eigenvalue weighted by molar-refractivity contribution is -0.139. The van der Waals surface area contributed by atoms with E-state index in [9.17, 15) is 21.6 Å². The molecule has 2 aromatic carbocycles. The summed E-state index contributed by atoms with van der Waals surface area (Å²) in [5.41, 5.74) is 0.751. The molecule has 1 N–H and O–H groups in total. The van der Waals surface area contributed by atoms with E-state index in [0.717, 1.165) is 29.5 Å². The second kappa shape index (κ2) is 9.29. The molecule has 1 aromatic heterocycles. The normalized spacial score (nSPS) is 16.9. The van der Waals surface area contributed by atoms with E-state index in [1.807, 2.05) is 18.0 Å². The molecule has 0 radical (unpaired) electrons. The third-order valence-corrected chi connectivity index (χ3v) is 8.17. The predicted octanol–water partition coefficient (Wildman–Crippen LogP) is 5.19. The van der Waals surface area contributed by atoms with Crippen LogP contribution in [0.2, 0.25) is 0 Å². The first kappa shape index (κ1) is 24.1. The van der Waals surface area contributed by atoms with E-state index in [1.54, 1.807) is 29.6 Å². The van der Waals surface area contributed by atoms with Crippen LogP contribution in [0, 0.1) is 11.3 Å². The van der Waals surface area contributed by atoms with Crippen LogP contribution in [0.3, 0.4) is 0 Å². The highest BCUT2D eigenvalue weighted by Gasteiger charge is 2.36. The van der Waals surface area contributed by atoms with Crippen LogP contribution in [-0.2, 0) is 16.2 Å². The zero-order chi connectivity index (χ0) is 24.5. The number of sulfonamides is 1. The molecule has 178 valence electrons. The van der Waals surface area contributed by atoms with Gasteiger partial charge < -0.3 is 9.64 Å². The van der Waals surface area contributed by atoms with Crippen molar-refractivity contribution in [3.05, 3.63) is 65.0 Å². The van der Waals surface area contributed by atoms with Crippen molar-refractivity contribution in [3.63, 3.8) is 0 Å². The van der Waals surface area contributed by atoms with Crippen LogP contribution in [0.15, 0.2) is 58.1 Å². The molecule has 6 nitrogen and oxygen atoms in total. The molecule has 0 bridgehead atoms. The van der Waals surface area contributed by atoms with E-state index < -0.39 is 33.6 Å². The van der Waals surface area contributed by atoms with E-state index in [2.05, 4.69) is 4.72 Å². The molecule has 1 atom stereocenters. The number of rotatable bonds is 6. The number of alkyl halides is 3. The summed E-state index contributed by atoms with van der Waals surface area (Å²) in [6.45, 7) is 1.19. The van der Waals surface area contributed by atoms with Gasteiger partial charge >= 0.3 is 6.18 Å². The minimum Gasteiger partial charge on any atom is -0.488 e. The fourth-order valence-corrected chi connectivity index (χ4v) is 5.91. The monoisotopic (exact) mass is 507 g/mol. The maximum atomic E-state index is 13.5. The van der Waals surface area contributed by atoms with Crippen LogP contribution in [0.4, 0.5) is 18.9 Å². The van der Waals surface area contributed by atoms with Gasteiger partial charge in [0.2, 0.25) is 0 Å². The van der Waals surface area contributed by atoms with Gasteiger partial charge in [0.05, 0.1) is 22.9 Å². The molecule has 34 heavy (non-hydrogen) atoms. The van der Waals surface area contributed by atoms with Crippen molar-refractivity contribution in [2.75, 3.05) is 24.9 Å². The quantitative estimate of drug-likeness (QED) is 0.497. The van der Waals surface area contributed by atoms with E-state index >= 15 is 0 Å². The van der Waals surface area contributed by atoms with Crippen LogP contribution in [-0.4, -0.2) is 39.6 Å². The predicted molar refractivity (Wildman–Crippen MR) is 123 cm³/mol. The van der Waals surface area contributed by atoms with Crippen LogP contribution in [0.5, 0.6) is 5.75 Å². The van der Waals surface area contributed by atoms with Gasteiger partial charge in [-0.2, -0.15) is 18.4 Å². The Morgan fingerprint density at radius 2 is 1.97 bits per heavy atom. The Bertz CT molecular complexity index is 1350. The number of likely N-dealkylation sites (N-methyl/N-ethyl adjacent to an activating group) is 1. The second-order valence-electron chi connectivity index (χ2n) is 7.95. The summed E-state index contributed by atoms with van der Waals surface area (Å²) in [4.78, 5) is 1.95. The fourth-order valence-electron chi connectivity index (χ4n) is 3.67. The number of hydrogen-bond donors (Lipinski definition) is 1. The number of likely N-dealkylation sites (tertiary alicyclic amines) is 1. The number of ether oxygens (including phenoxy) is 1. The van der Waals surface area contributed by atoms with E-state index in [1.165, 1.54) is 6.07 Å². The standard InChI is InChI=1S/C23H20F3N3O3S2/c1-29-8-7-19(13-29)32-21-11-18(5-6-20(21)23(24,25)26)28-34(30,31)22-10-17(14-33-22)16-4-2-3-15(9-16)12-27/h2-6,9-11,14,19,28H,7-8,13H2,1H3. The lowest BCUT2D eigenvalue weighted by Gasteiger charge is -2.19. The highest BCUT2D eigenvalue weighted by atomic mass is 32.2. The Hall–Kier alpha value is -3.07. The van der Waals surface area contributed by atoms with Gasteiger partial charge in [-0.05, 0) is 60.3 Å². The van der Waals surface area contributed by atoms with E-state index in [0.29, 0.717) is 36.2 Å². The summed E-state index contributed by atoms with van der Waals surface area (Å²) < 4.78 is 74.3. The topological polar surface area (TPSA) is 82.4 Å². The van der Waals surface area contributed by atoms with Gasteiger partial charge in [0.1, 0.15) is 16.1 Å². The Balaban J connectivity index is 1.59. The molecular formula is C23H20F3N3O3S2. The van der Waals surface area contributed by atoms with Gasteiger partial charge in [0, 0.05) is 19.2 Å². The summed E-state index contributed by atoms with van der Waals surface area (Å²) in [5.74, 6) is -0.409. The van der Waals surface area contributed by atoms with Gasteiger partial charge in [0.15, 0.2) is 0 Å². The Labute approximate surface area is 199 Å². The van der Waals surface area contributed by atoms with Crippen molar-refractivity contribution in [1.82, 2.24) is 4.90 Å². The van der Waals surface area contributed by atoms with Gasteiger partial charge in [-0.1, -0.05) is 12.1 Å². The summed E-state index contributed by atoms with van der Waals surface area (Å²) in [5, 5.41) is 10.7. The molecule has 2 heterocycles. The Morgan fingerprint density at radius 3 is 2.65 bits per heavy atom. The number of benzene rings is 2. The molecule has 11 heteroatoms. The third-order valence-electron chi connectivity index (χ3n) is 5.35. The van der Waals surface area contributed by atoms with Crippen LogP contribution in [0.25, 0.3) is 11.1 Å². The van der Waals surface area contributed by atoms with Crippen molar-refractivity contribution < 1.29 is 26.3 Å². The summed E-state index contributed by atoms with van der Waals surface area (Å²) >= 11 is 0.972. The van der Waals surface area contributed by atoms with Crippen LogP contribution >= 0.6 is 11.3 Å². The summed E-state index contributed by atoms with van der Waals surface area (Å²) in [7, 11) is -2.21. The first-order chi connectivity index (χ1) is 16.0. The summed E-state index contributed by atoms with van der Waals surface area (Å²) in [6.07, 6.45) is -4.48. The Kier molecular flexibility index (Phi) is 6.58. The van der Waals surface area contributed by atoms with Crippen molar-refractivity contribution in [1.29, 1.82) is 5.26 Å². The number of halogens is 3. The zero-order valence-corrected chi connectivity index (χ0v) is 19.6. The maximum absolute atomic E-state index is 13.5. The number of hydrogen-bond acceptors (Lipinski definition) is 6. The molecule has 0 spiro atoms. The molecule has 1 aliphatic rings. The molecule has 1 saturated heterocycles. The molecule has 0 aliphatic carbocycles. The van der Waals surface area contributed by atoms with Crippen molar-refractivity contribution in [3.8, 4) is 22.9 Å². The lowest BCUT2D eigenvalue weighted by Crippen LogP contribution is -2.23. The average molecular weight is 508 g/mol.